The van der Waals surface area contributed by atoms with Crippen molar-refractivity contribution in [1.82, 2.24) is 15.1 Å². The summed E-state index contributed by atoms with van der Waals surface area (Å²) >= 11 is 0. The fraction of sp³-hybridized carbons (Fsp3) is 0.273. The highest BCUT2D eigenvalue weighted by atomic mass is 16.2. The van der Waals surface area contributed by atoms with Crippen molar-refractivity contribution >= 4 is 5.91 Å². The van der Waals surface area contributed by atoms with E-state index in [2.05, 4.69) is 53.6 Å². The Morgan fingerprint density at radius 1 is 1.07 bits per heavy atom. The average Bonchev–Trinajstić information content (AvgIpc) is 3.13. The summed E-state index contributed by atoms with van der Waals surface area (Å²) in [6, 6.07) is 20.8. The molecule has 27 heavy (non-hydrogen) atoms. The van der Waals surface area contributed by atoms with Crippen molar-refractivity contribution in [1.29, 1.82) is 0 Å². The van der Waals surface area contributed by atoms with Crippen molar-refractivity contribution in [3.8, 4) is 0 Å². The van der Waals surface area contributed by atoms with Gasteiger partial charge in [-0.3, -0.25) is 9.89 Å². The molecule has 1 amide bonds. The summed E-state index contributed by atoms with van der Waals surface area (Å²) < 4.78 is 0. The second-order valence-electron chi connectivity index (χ2n) is 6.92. The van der Waals surface area contributed by atoms with Gasteiger partial charge in [-0.15, -0.1) is 0 Å². The Morgan fingerprint density at radius 3 is 2.30 bits per heavy atom. The lowest BCUT2D eigenvalue weighted by Crippen LogP contribution is -2.37. The van der Waals surface area contributed by atoms with E-state index >= 15 is 0 Å². The molecule has 2 aromatic carbocycles. The molecule has 0 saturated carbocycles. The monoisotopic (exact) mass is 360 g/mol. The molecule has 0 unspecified atom stereocenters. The van der Waals surface area contributed by atoms with Gasteiger partial charge in [0.1, 0.15) is 0 Å². The SMILES string of the molecule is NCCC(=O)N1CCc2[nH]nc(C(c3ccccc3)c3ccccc3)c2C1. The van der Waals surface area contributed by atoms with Gasteiger partial charge in [0, 0.05) is 43.7 Å². The van der Waals surface area contributed by atoms with E-state index < -0.39 is 0 Å². The number of nitrogens with two attached hydrogens (primary N) is 1. The van der Waals surface area contributed by atoms with E-state index in [1.54, 1.807) is 0 Å². The zero-order chi connectivity index (χ0) is 18.6. The van der Waals surface area contributed by atoms with E-state index in [4.69, 9.17) is 10.8 Å². The fourth-order valence-electron chi connectivity index (χ4n) is 3.85. The van der Waals surface area contributed by atoms with Crippen molar-refractivity contribution < 1.29 is 4.79 Å². The molecular formula is C22H24N4O. The van der Waals surface area contributed by atoms with Crippen LogP contribution in [0, 0.1) is 0 Å². The maximum atomic E-state index is 12.4. The van der Waals surface area contributed by atoms with Crippen molar-refractivity contribution in [2.75, 3.05) is 13.1 Å². The summed E-state index contributed by atoms with van der Waals surface area (Å²) in [6.45, 7) is 1.70. The minimum atomic E-state index is 0.0389. The molecule has 1 aromatic heterocycles. The molecule has 138 valence electrons. The maximum Gasteiger partial charge on any atom is 0.224 e. The predicted molar refractivity (Wildman–Crippen MR) is 105 cm³/mol. The highest BCUT2D eigenvalue weighted by Gasteiger charge is 2.29. The van der Waals surface area contributed by atoms with Crippen LogP contribution in [0.3, 0.4) is 0 Å². The summed E-state index contributed by atoms with van der Waals surface area (Å²) in [4.78, 5) is 14.3. The predicted octanol–water partition coefficient (Wildman–Crippen LogP) is 2.82. The molecule has 2 heterocycles. The quantitative estimate of drug-likeness (QED) is 0.735. The first-order valence-electron chi connectivity index (χ1n) is 9.41. The molecule has 1 aliphatic rings. The van der Waals surface area contributed by atoms with Gasteiger partial charge < -0.3 is 10.6 Å². The largest absolute Gasteiger partial charge is 0.338 e. The van der Waals surface area contributed by atoms with Crippen LogP contribution in [0.25, 0.3) is 0 Å². The number of rotatable bonds is 5. The van der Waals surface area contributed by atoms with E-state index in [0.717, 1.165) is 29.9 Å². The lowest BCUT2D eigenvalue weighted by Gasteiger charge is -2.28. The van der Waals surface area contributed by atoms with Gasteiger partial charge in [0.25, 0.3) is 0 Å². The fourth-order valence-corrected chi connectivity index (χ4v) is 3.85. The third-order valence-electron chi connectivity index (χ3n) is 5.22. The normalized spacial score (nSPS) is 13.6. The molecule has 0 spiro atoms. The number of aromatic amines is 1. The van der Waals surface area contributed by atoms with Crippen LogP contribution in [-0.2, 0) is 17.8 Å². The number of nitrogens with zero attached hydrogens (tertiary/aromatic N) is 2. The second kappa shape index (κ2) is 7.76. The number of aromatic nitrogens is 2. The first-order chi connectivity index (χ1) is 13.3. The van der Waals surface area contributed by atoms with Crippen LogP contribution >= 0.6 is 0 Å². The van der Waals surface area contributed by atoms with Gasteiger partial charge in [-0.1, -0.05) is 60.7 Å². The van der Waals surface area contributed by atoms with E-state index in [-0.39, 0.29) is 11.8 Å². The van der Waals surface area contributed by atoms with Crippen LogP contribution < -0.4 is 5.73 Å². The van der Waals surface area contributed by atoms with Crippen LogP contribution in [0.1, 0.15) is 40.4 Å². The summed E-state index contributed by atoms with van der Waals surface area (Å²) in [5.41, 5.74) is 11.3. The number of amides is 1. The Hall–Kier alpha value is -2.92. The Labute approximate surface area is 159 Å². The van der Waals surface area contributed by atoms with Crippen LogP contribution in [0.5, 0.6) is 0 Å². The minimum absolute atomic E-state index is 0.0389. The van der Waals surface area contributed by atoms with Crippen LogP contribution in [0.2, 0.25) is 0 Å². The summed E-state index contributed by atoms with van der Waals surface area (Å²) in [5.74, 6) is 0.156. The molecule has 1 aliphatic heterocycles. The molecule has 5 heteroatoms. The Morgan fingerprint density at radius 2 is 1.70 bits per heavy atom. The van der Waals surface area contributed by atoms with Gasteiger partial charge >= 0.3 is 0 Å². The standard InChI is InChI=1S/C22H24N4O/c23-13-11-20(27)26-14-12-19-18(15-26)22(25-24-19)21(16-7-3-1-4-8-16)17-9-5-2-6-10-17/h1-10,21H,11-15,23H2,(H,24,25). The first kappa shape index (κ1) is 17.5. The van der Waals surface area contributed by atoms with E-state index in [9.17, 15) is 4.79 Å². The van der Waals surface area contributed by atoms with Gasteiger partial charge in [-0.05, 0) is 11.1 Å². The van der Waals surface area contributed by atoms with E-state index in [1.807, 2.05) is 17.0 Å². The summed E-state index contributed by atoms with van der Waals surface area (Å²) in [7, 11) is 0. The molecule has 0 radical (unpaired) electrons. The number of hydrogen-bond donors (Lipinski definition) is 2. The molecule has 4 rings (SSSR count). The number of carbonyl (C=O) groups is 1. The van der Waals surface area contributed by atoms with Crippen molar-refractivity contribution in [2.24, 2.45) is 5.73 Å². The van der Waals surface area contributed by atoms with Gasteiger partial charge in [0.05, 0.1) is 11.6 Å². The molecule has 0 bridgehead atoms. The third-order valence-corrected chi connectivity index (χ3v) is 5.22. The zero-order valence-corrected chi connectivity index (χ0v) is 15.3. The Kier molecular flexibility index (Phi) is 5.03. The van der Waals surface area contributed by atoms with Crippen molar-refractivity contribution in [3.05, 3.63) is 88.7 Å². The van der Waals surface area contributed by atoms with Crippen LogP contribution in [0.15, 0.2) is 60.7 Å². The maximum absolute atomic E-state index is 12.4. The van der Waals surface area contributed by atoms with E-state index in [0.29, 0.717) is 19.5 Å². The molecule has 0 fully saturated rings. The lowest BCUT2D eigenvalue weighted by atomic mass is 9.85. The molecule has 3 N–H and O–H groups in total. The minimum Gasteiger partial charge on any atom is -0.338 e. The molecule has 0 atom stereocenters. The first-order valence-corrected chi connectivity index (χ1v) is 9.41. The zero-order valence-electron chi connectivity index (χ0n) is 15.3. The number of nitrogens with one attached hydrogen (secondary N) is 1. The molecular weight excluding hydrogens is 336 g/mol. The third kappa shape index (κ3) is 3.51. The molecule has 3 aromatic rings. The van der Waals surface area contributed by atoms with Crippen molar-refractivity contribution in [2.45, 2.75) is 25.3 Å². The summed E-state index contributed by atoms with van der Waals surface area (Å²) in [6.07, 6.45) is 1.19. The Balaban J connectivity index is 1.75. The van der Waals surface area contributed by atoms with Gasteiger partial charge in [-0.25, -0.2) is 0 Å². The molecule has 0 aliphatic carbocycles. The average molecular weight is 360 g/mol. The van der Waals surface area contributed by atoms with Gasteiger partial charge in [0.2, 0.25) is 5.91 Å². The Bertz CT molecular complexity index is 865. The van der Waals surface area contributed by atoms with Crippen LogP contribution in [0.4, 0.5) is 0 Å². The highest BCUT2D eigenvalue weighted by molar-refractivity contribution is 5.76. The second-order valence-corrected chi connectivity index (χ2v) is 6.92. The lowest BCUT2D eigenvalue weighted by molar-refractivity contribution is -0.131. The van der Waals surface area contributed by atoms with Gasteiger partial charge in [-0.2, -0.15) is 5.10 Å². The van der Waals surface area contributed by atoms with Crippen molar-refractivity contribution in [3.63, 3.8) is 0 Å². The molecule has 0 saturated heterocycles. The molecule has 5 nitrogen and oxygen atoms in total. The number of fused-ring (bicyclic) bond motifs is 1. The number of benzene rings is 2. The highest BCUT2D eigenvalue weighted by Crippen LogP contribution is 2.35. The number of hydrogen-bond acceptors (Lipinski definition) is 3. The van der Waals surface area contributed by atoms with Gasteiger partial charge in [0.15, 0.2) is 0 Å². The number of carbonyl (C=O) groups excluding carboxylic acids is 1. The smallest absolute Gasteiger partial charge is 0.224 e. The topological polar surface area (TPSA) is 75.0 Å². The summed E-state index contributed by atoms with van der Waals surface area (Å²) in [5, 5.41) is 7.93. The van der Waals surface area contributed by atoms with Crippen LogP contribution in [-0.4, -0.2) is 34.1 Å². The van der Waals surface area contributed by atoms with E-state index in [1.165, 1.54) is 11.1 Å². The number of H-pyrrole nitrogens is 1.